The van der Waals surface area contributed by atoms with Crippen LogP contribution in [0.2, 0.25) is 0 Å². The number of ether oxygens (including phenoxy) is 2. The molecule has 0 aromatic heterocycles. The second-order valence-corrected chi connectivity index (χ2v) is 4.13. The Morgan fingerprint density at radius 1 is 1.30 bits per heavy atom. The van der Waals surface area contributed by atoms with E-state index in [2.05, 4.69) is 0 Å². The summed E-state index contributed by atoms with van der Waals surface area (Å²) in [7, 11) is 1.54. The molecule has 0 bridgehead atoms. The average molecular weight is 278 g/mol. The Morgan fingerprint density at radius 3 is 2.55 bits per heavy atom. The highest BCUT2D eigenvalue weighted by Gasteiger charge is 2.18. The lowest BCUT2D eigenvalue weighted by Crippen LogP contribution is -2.13. The van der Waals surface area contributed by atoms with Gasteiger partial charge in [-0.2, -0.15) is 0 Å². The molecule has 0 aliphatic rings. The number of allylic oxidation sites excluding steroid dienone is 1. The maximum absolute atomic E-state index is 11.9. The molecule has 0 aliphatic heterocycles. The minimum Gasteiger partial charge on any atom is -0.497 e. The third-order valence-corrected chi connectivity index (χ3v) is 2.81. The van der Waals surface area contributed by atoms with Crippen LogP contribution in [0, 0.1) is 0 Å². The lowest BCUT2D eigenvalue weighted by molar-refractivity contribution is -0.142. The number of hydrogen-bond acceptors (Lipinski definition) is 4. The summed E-state index contributed by atoms with van der Waals surface area (Å²) < 4.78 is 10.0. The molecule has 0 unspecified atom stereocenters. The number of carbonyl (C=O) groups excluding carboxylic acids is 1. The highest BCUT2D eigenvalue weighted by atomic mass is 16.5. The van der Waals surface area contributed by atoms with Crippen LogP contribution >= 0.6 is 0 Å². The number of carbonyl (C=O) groups is 2. The van der Waals surface area contributed by atoms with Gasteiger partial charge in [0.15, 0.2) is 0 Å². The van der Waals surface area contributed by atoms with E-state index >= 15 is 0 Å². The van der Waals surface area contributed by atoms with Crippen molar-refractivity contribution in [3.63, 3.8) is 0 Å². The lowest BCUT2D eigenvalue weighted by Gasteiger charge is -2.11. The maximum Gasteiger partial charge on any atom is 0.334 e. The van der Waals surface area contributed by atoms with Gasteiger partial charge in [0, 0.05) is 0 Å². The van der Waals surface area contributed by atoms with Crippen molar-refractivity contribution in [1.82, 2.24) is 0 Å². The molecule has 0 amide bonds. The van der Waals surface area contributed by atoms with Crippen molar-refractivity contribution in [2.75, 3.05) is 13.7 Å². The molecule has 0 spiro atoms. The fraction of sp³-hybridized carbons (Fsp3) is 0.333. The first-order chi connectivity index (χ1) is 9.49. The molecule has 0 fully saturated rings. The van der Waals surface area contributed by atoms with Crippen LogP contribution in [-0.2, 0) is 14.3 Å². The predicted molar refractivity (Wildman–Crippen MR) is 74.5 cm³/mol. The Balaban J connectivity index is 3.23. The van der Waals surface area contributed by atoms with E-state index in [1.165, 1.54) is 0 Å². The number of aliphatic carboxylic acids is 1. The number of benzene rings is 1. The fourth-order valence-corrected chi connectivity index (χ4v) is 1.76. The Hall–Kier alpha value is -2.30. The highest BCUT2D eigenvalue weighted by molar-refractivity contribution is 6.01. The van der Waals surface area contributed by atoms with E-state index in [9.17, 15) is 9.59 Å². The van der Waals surface area contributed by atoms with Gasteiger partial charge in [-0.25, -0.2) is 4.79 Å². The molecule has 0 saturated heterocycles. The van der Waals surface area contributed by atoms with Gasteiger partial charge >= 0.3 is 11.9 Å². The van der Waals surface area contributed by atoms with Crippen molar-refractivity contribution in [3.05, 3.63) is 35.4 Å². The van der Waals surface area contributed by atoms with Gasteiger partial charge in [0.2, 0.25) is 0 Å². The fourth-order valence-electron chi connectivity index (χ4n) is 1.76. The molecule has 1 N–H and O–H groups in total. The van der Waals surface area contributed by atoms with Crippen LogP contribution in [0.3, 0.4) is 0 Å². The average Bonchev–Trinajstić information content (AvgIpc) is 2.44. The summed E-state index contributed by atoms with van der Waals surface area (Å²) in [5.74, 6) is -1.04. The summed E-state index contributed by atoms with van der Waals surface area (Å²) >= 11 is 0. The van der Waals surface area contributed by atoms with Gasteiger partial charge in [-0.05, 0) is 37.1 Å². The standard InChI is InChI=1S/C15H18O5/c1-4-20-15(18)13(9-14(16)17)10(2)11-6-5-7-12(8-11)19-3/h5-8H,4,9H2,1-3H3,(H,16,17). The summed E-state index contributed by atoms with van der Waals surface area (Å²) in [5, 5.41) is 8.93. The molecule has 1 rings (SSSR count). The molecule has 0 atom stereocenters. The Kier molecular flexibility index (Phi) is 5.77. The van der Waals surface area contributed by atoms with Gasteiger partial charge in [-0.15, -0.1) is 0 Å². The molecular weight excluding hydrogens is 260 g/mol. The van der Waals surface area contributed by atoms with E-state index in [0.717, 1.165) is 5.56 Å². The number of rotatable bonds is 6. The van der Waals surface area contributed by atoms with Gasteiger partial charge in [0.1, 0.15) is 5.75 Å². The molecule has 108 valence electrons. The largest absolute Gasteiger partial charge is 0.497 e. The Bertz CT molecular complexity index is 531. The van der Waals surface area contributed by atoms with Crippen LogP contribution in [0.4, 0.5) is 0 Å². The van der Waals surface area contributed by atoms with Crippen molar-refractivity contribution in [2.24, 2.45) is 0 Å². The lowest BCUT2D eigenvalue weighted by atomic mass is 9.99. The molecule has 1 aromatic carbocycles. The first kappa shape index (κ1) is 15.8. The van der Waals surface area contributed by atoms with Crippen molar-refractivity contribution >= 4 is 17.5 Å². The van der Waals surface area contributed by atoms with E-state index in [0.29, 0.717) is 11.3 Å². The summed E-state index contributed by atoms with van der Waals surface area (Å²) in [6.45, 7) is 3.58. The molecule has 5 heteroatoms. The number of methoxy groups -OCH3 is 1. The molecule has 1 aromatic rings. The number of hydrogen-bond donors (Lipinski definition) is 1. The van der Waals surface area contributed by atoms with Crippen LogP contribution in [0.5, 0.6) is 5.75 Å². The highest BCUT2D eigenvalue weighted by Crippen LogP contribution is 2.24. The zero-order valence-electron chi connectivity index (χ0n) is 11.8. The first-order valence-corrected chi connectivity index (χ1v) is 6.22. The van der Waals surface area contributed by atoms with Crippen LogP contribution in [0.25, 0.3) is 5.57 Å². The molecule has 0 aliphatic carbocycles. The number of esters is 1. The van der Waals surface area contributed by atoms with Crippen molar-refractivity contribution in [2.45, 2.75) is 20.3 Å². The van der Waals surface area contributed by atoms with Gasteiger partial charge in [0.25, 0.3) is 0 Å². The summed E-state index contributed by atoms with van der Waals surface area (Å²) in [4.78, 5) is 22.8. The summed E-state index contributed by atoms with van der Waals surface area (Å²) in [6, 6.07) is 7.09. The zero-order chi connectivity index (χ0) is 15.1. The monoisotopic (exact) mass is 278 g/mol. The summed E-state index contributed by atoms with van der Waals surface area (Å²) in [5.41, 5.74) is 1.45. The molecule has 5 nitrogen and oxygen atoms in total. The van der Waals surface area contributed by atoms with Gasteiger partial charge in [-0.3, -0.25) is 4.79 Å². The third kappa shape index (κ3) is 4.12. The van der Waals surface area contributed by atoms with Crippen LogP contribution in [-0.4, -0.2) is 30.8 Å². The topological polar surface area (TPSA) is 72.8 Å². The molecule has 0 saturated carbocycles. The van der Waals surface area contributed by atoms with Gasteiger partial charge in [-0.1, -0.05) is 12.1 Å². The molecule has 0 radical (unpaired) electrons. The van der Waals surface area contributed by atoms with Crippen LogP contribution in [0.1, 0.15) is 25.8 Å². The van der Waals surface area contributed by atoms with E-state index in [1.807, 2.05) is 0 Å². The van der Waals surface area contributed by atoms with Crippen molar-refractivity contribution in [1.29, 1.82) is 0 Å². The van der Waals surface area contributed by atoms with E-state index in [1.54, 1.807) is 45.2 Å². The quantitative estimate of drug-likeness (QED) is 0.639. The molecular formula is C15H18O5. The van der Waals surface area contributed by atoms with E-state index in [-0.39, 0.29) is 18.6 Å². The predicted octanol–water partition coefficient (Wildman–Crippen LogP) is 2.51. The Morgan fingerprint density at radius 2 is 2.00 bits per heavy atom. The van der Waals surface area contributed by atoms with E-state index < -0.39 is 11.9 Å². The number of carboxylic acid groups (broad SMARTS) is 1. The minimum absolute atomic E-state index is 0.146. The second kappa shape index (κ2) is 7.33. The minimum atomic E-state index is -1.07. The van der Waals surface area contributed by atoms with E-state index in [4.69, 9.17) is 14.6 Å². The SMILES string of the molecule is CCOC(=O)C(CC(=O)O)=C(C)c1cccc(OC)c1. The Labute approximate surface area is 117 Å². The second-order valence-electron chi connectivity index (χ2n) is 4.13. The first-order valence-electron chi connectivity index (χ1n) is 6.22. The zero-order valence-corrected chi connectivity index (χ0v) is 11.8. The van der Waals surface area contributed by atoms with Crippen LogP contribution < -0.4 is 4.74 Å². The van der Waals surface area contributed by atoms with Crippen molar-refractivity contribution in [3.8, 4) is 5.75 Å². The number of carboxylic acids is 1. The molecule has 0 heterocycles. The molecule has 20 heavy (non-hydrogen) atoms. The normalized spacial score (nSPS) is 11.6. The van der Waals surface area contributed by atoms with Crippen LogP contribution in [0.15, 0.2) is 29.8 Å². The van der Waals surface area contributed by atoms with Gasteiger partial charge < -0.3 is 14.6 Å². The van der Waals surface area contributed by atoms with Crippen molar-refractivity contribution < 1.29 is 24.2 Å². The van der Waals surface area contributed by atoms with Gasteiger partial charge in [0.05, 0.1) is 25.7 Å². The smallest absolute Gasteiger partial charge is 0.334 e. The third-order valence-electron chi connectivity index (χ3n) is 2.81. The summed E-state index contributed by atoms with van der Waals surface area (Å²) in [6.07, 6.45) is -0.373. The maximum atomic E-state index is 11.9.